The van der Waals surface area contributed by atoms with Gasteiger partial charge in [-0.1, -0.05) is 37.3 Å². The lowest BCUT2D eigenvalue weighted by Crippen LogP contribution is -2.63. The highest BCUT2D eigenvalue weighted by molar-refractivity contribution is 5.96. The molecule has 7 nitrogen and oxygen atoms in total. The summed E-state index contributed by atoms with van der Waals surface area (Å²) >= 11 is 0. The van der Waals surface area contributed by atoms with Crippen LogP contribution in [0.1, 0.15) is 32.3 Å². The SMILES string of the molecule is C[C@@H](O)[C@H]1C(=O)N2C(C=O)=C(COc3cccc4c(C[N+]5(CCN)CCCC5)cccc34)[C@H](C)[C@H]12. The average molecular weight is 479 g/mol. The Morgan fingerprint density at radius 1 is 1.20 bits per heavy atom. The van der Waals surface area contributed by atoms with Crippen LogP contribution in [0.5, 0.6) is 5.75 Å². The molecule has 2 aromatic rings. The van der Waals surface area contributed by atoms with E-state index in [4.69, 9.17) is 10.5 Å². The molecule has 2 fully saturated rings. The minimum atomic E-state index is -0.739. The van der Waals surface area contributed by atoms with Crippen molar-refractivity contribution in [1.29, 1.82) is 0 Å². The van der Waals surface area contributed by atoms with Gasteiger partial charge in [0.15, 0.2) is 6.29 Å². The Morgan fingerprint density at radius 3 is 2.60 bits per heavy atom. The number of carbonyl (C=O) groups excluding carboxylic acids is 2. The van der Waals surface area contributed by atoms with Gasteiger partial charge in [-0.2, -0.15) is 0 Å². The normalized spacial score (nSPS) is 26.1. The van der Waals surface area contributed by atoms with Gasteiger partial charge in [0, 0.05) is 36.3 Å². The Labute approximate surface area is 206 Å². The van der Waals surface area contributed by atoms with Crippen LogP contribution < -0.4 is 10.5 Å². The molecule has 2 aromatic carbocycles. The molecule has 0 bridgehead atoms. The number of likely N-dealkylation sites (tertiary alicyclic amines) is 1. The second-order valence-electron chi connectivity index (χ2n) is 10.5. The summed E-state index contributed by atoms with van der Waals surface area (Å²) in [5.41, 5.74) is 8.49. The van der Waals surface area contributed by atoms with E-state index in [0.29, 0.717) is 12.2 Å². The molecular weight excluding hydrogens is 442 g/mol. The zero-order chi connectivity index (χ0) is 24.7. The fourth-order valence-corrected chi connectivity index (χ4v) is 6.64. The maximum absolute atomic E-state index is 12.6. The van der Waals surface area contributed by atoms with Crippen molar-refractivity contribution in [3.8, 4) is 5.75 Å². The molecule has 0 saturated carbocycles. The Hall–Kier alpha value is -2.74. The molecule has 1 amide bonds. The second kappa shape index (κ2) is 9.37. The van der Waals surface area contributed by atoms with E-state index in [9.17, 15) is 14.7 Å². The predicted octanol–water partition coefficient (Wildman–Crippen LogP) is 2.60. The molecule has 2 saturated heterocycles. The van der Waals surface area contributed by atoms with Crippen LogP contribution in [0.4, 0.5) is 0 Å². The van der Waals surface area contributed by atoms with Crippen molar-refractivity contribution in [3.63, 3.8) is 0 Å². The highest BCUT2D eigenvalue weighted by atomic mass is 16.5. The molecule has 7 heteroatoms. The number of amides is 1. The summed E-state index contributed by atoms with van der Waals surface area (Å²) in [5.74, 6) is 0.0786. The molecule has 3 heterocycles. The topological polar surface area (TPSA) is 92.9 Å². The van der Waals surface area contributed by atoms with E-state index < -0.39 is 12.0 Å². The first-order chi connectivity index (χ1) is 16.9. The molecule has 0 radical (unpaired) electrons. The smallest absolute Gasteiger partial charge is 0.235 e. The Bertz CT molecular complexity index is 1170. The van der Waals surface area contributed by atoms with Crippen molar-refractivity contribution in [2.75, 3.05) is 32.8 Å². The Balaban J connectivity index is 1.40. The van der Waals surface area contributed by atoms with Crippen LogP contribution in [0.25, 0.3) is 10.8 Å². The summed E-state index contributed by atoms with van der Waals surface area (Å²) in [6.07, 6.45) is 2.52. The zero-order valence-corrected chi connectivity index (χ0v) is 20.7. The molecule has 0 aromatic heterocycles. The van der Waals surface area contributed by atoms with Crippen molar-refractivity contribution in [1.82, 2.24) is 4.90 Å². The third-order valence-electron chi connectivity index (χ3n) is 8.45. The van der Waals surface area contributed by atoms with Gasteiger partial charge in [-0.15, -0.1) is 0 Å². The van der Waals surface area contributed by atoms with Crippen molar-refractivity contribution in [2.24, 2.45) is 17.6 Å². The number of fused-ring (bicyclic) bond motifs is 2. The lowest BCUT2D eigenvalue weighted by molar-refractivity contribution is -0.928. The number of ether oxygens (including phenoxy) is 1. The molecule has 5 rings (SSSR count). The minimum absolute atomic E-state index is 0.0474. The molecule has 0 aliphatic carbocycles. The lowest BCUT2D eigenvalue weighted by atomic mass is 9.78. The molecule has 3 N–H and O–H groups in total. The average Bonchev–Trinajstić information content (AvgIpc) is 3.38. The van der Waals surface area contributed by atoms with E-state index >= 15 is 0 Å². The molecule has 0 spiro atoms. The van der Waals surface area contributed by atoms with Crippen molar-refractivity contribution in [3.05, 3.63) is 53.2 Å². The zero-order valence-electron chi connectivity index (χ0n) is 20.7. The monoisotopic (exact) mass is 478 g/mol. The first-order valence-electron chi connectivity index (χ1n) is 12.8. The third kappa shape index (κ3) is 3.96. The van der Waals surface area contributed by atoms with E-state index in [2.05, 4.69) is 24.3 Å². The third-order valence-corrected chi connectivity index (χ3v) is 8.45. The number of aldehydes is 1. The van der Waals surface area contributed by atoms with Crippen LogP contribution in [-0.4, -0.2) is 71.6 Å². The molecule has 186 valence electrons. The fourth-order valence-electron chi connectivity index (χ4n) is 6.64. The van der Waals surface area contributed by atoms with Crippen LogP contribution in [0.2, 0.25) is 0 Å². The summed E-state index contributed by atoms with van der Waals surface area (Å²) in [5, 5.41) is 12.3. The van der Waals surface area contributed by atoms with Gasteiger partial charge in [-0.3, -0.25) is 9.59 Å². The second-order valence-corrected chi connectivity index (χ2v) is 10.5. The summed E-state index contributed by atoms with van der Waals surface area (Å²) in [4.78, 5) is 26.0. The van der Waals surface area contributed by atoms with E-state index in [-0.39, 0.29) is 24.5 Å². The van der Waals surface area contributed by atoms with E-state index in [1.165, 1.54) is 36.9 Å². The summed E-state index contributed by atoms with van der Waals surface area (Å²) in [6, 6.07) is 12.3. The van der Waals surface area contributed by atoms with Gasteiger partial charge in [0.05, 0.1) is 43.4 Å². The van der Waals surface area contributed by atoms with Crippen molar-refractivity contribution in [2.45, 2.75) is 45.4 Å². The highest BCUT2D eigenvalue weighted by Crippen LogP contribution is 2.46. The number of nitrogens with zero attached hydrogens (tertiary/aromatic N) is 2. The molecule has 4 atom stereocenters. The largest absolute Gasteiger partial charge is 0.489 e. The molecular formula is C28H36N3O4+. The molecule has 3 aliphatic rings. The highest BCUT2D eigenvalue weighted by Gasteiger charge is 2.58. The van der Waals surface area contributed by atoms with Crippen LogP contribution >= 0.6 is 0 Å². The number of aliphatic hydroxyl groups excluding tert-OH is 1. The Morgan fingerprint density at radius 2 is 1.91 bits per heavy atom. The number of β-lactam (4-membered cyclic amide) rings is 1. The van der Waals surface area contributed by atoms with Crippen LogP contribution in [-0.2, 0) is 16.1 Å². The van der Waals surface area contributed by atoms with Gasteiger partial charge in [0.25, 0.3) is 0 Å². The summed E-state index contributed by atoms with van der Waals surface area (Å²) in [6.45, 7) is 8.89. The first kappa shape index (κ1) is 24.0. The van der Waals surface area contributed by atoms with Gasteiger partial charge in [-0.05, 0) is 23.9 Å². The summed E-state index contributed by atoms with van der Waals surface area (Å²) in [7, 11) is 0. The number of benzene rings is 2. The van der Waals surface area contributed by atoms with Gasteiger partial charge >= 0.3 is 0 Å². The maximum Gasteiger partial charge on any atom is 0.235 e. The number of hydrogen-bond donors (Lipinski definition) is 2. The Kier molecular flexibility index (Phi) is 6.42. The van der Waals surface area contributed by atoms with Crippen molar-refractivity contribution < 1.29 is 23.9 Å². The van der Waals surface area contributed by atoms with Gasteiger partial charge in [0.2, 0.25) is 5.91 Å². The molecule has 3 aliphatic heterocycles. The van der Waals surface area contributed by atoms with Crippen LogP contribution in [0.15, 0.2) is 47.7 Å². The van der Waals surface area contributed by atoms with Gasteiger partial charge in [-0.25, -0.2) is 0 Å². The quantitative estimate of drug-likeness (QED) is 0.328. The number of quaternary nitrogens is 1. The minimum Gasteiger partial charge on any atom is -0.489 e. The van der Waals surface area contributed by atoms with E-state index in [0.717, 1.165) is 40.6 Å². The number of hydrogen-bond acceptors (Lipinski definition) is 5. The molecule has 35 heavy (non-hydrogen) atoms. The van der Waals surface area contributed by atoms with Crippen LogP contribution in [0, 0.1) is 11.8 Å². The number of aliphatic hydroxyl groups is 1. The van der Waals surface area contributed by atoms with Gasteiger partial charge < -0.3 is 25.0 Å². The number of nitrogens with two attached hydrogens (primary N) is 1. The number of rotatable bonds is 9. The first-order valence-corrected chi connectivity index (χ1v) is 12.8. The number of carbonyl (C=O) groups is 2. The number of allylic oxidation sites excluding steroid dienone is 1. The van der Waals surface area contributed by atoms with Crippen molar-refractivity contribution >= 4 is 23.0 Å². The maximum atomic E-state index is 12.6. The van der Waals surface area contributed by atoms with E-state index in [1.807, 2.05) is 19.1 Å². The lowest BCUT2D eigenvalue weighted by Gasteiger charge is -2.46. The van der Waals surface area contributed by atoms with E-state index in [1.54, 1.807) is 11.8 Å². The fraction of sp³-hybridized carbons (Fsp3) is 0.500. The van der Waals surface area contributed by atoms with Gasteiger partial charge in [0.1, 0.15) is 18.9 Å². The standard InChI is InChI=1S/C28H36N3O4/c1-18-23(24(16-32)30-27(18)26(19(2)33)28(30)34)17-35-25-10-6-8-21-20(7-5-9-22(21)25)15-31(14-11-29)12-3-4-13-31/h5-10,16,18-19,26-27,33H,3-4,11-15,17,29H2,1-2H3/q+1/t18-,19+,26+,27+/m0/s1. The van der Waals surface area contributed by atoms with Crippen LogP contribution in [0.3, 0.4) is 0 Å². The summed E-state index contributed by atoms with van der Waals surface area (Å²) < 4.78 is 7.36. The molecule has 0 unspecified atom stereocenters. The predicted molar refractivity (Wildman–Crippen MR) is 134 cm³/mol.